The second kappa shape index (κ2) is 5.94. The lowest BCUT2D eigenvalue weighted by Crippen LogP contribution is -2.29. The number of hydrogen-bond acceptors (Lipinski definition) is 4. The fourth-order valence-corrected chi connectivity index (χ4v) is 1.71. The number of ether oxygens (including phenoxy) is 1. The minimum Gasteiger partial charge on any atom is -0.508 e. The van der Waals surface area contributed by atoms with Crippen molar-refractivity contribution in [3.8, 4) is 11.5 Å². The van der Waals surface area contributed by atoms with Gasteiger partial charge in [0.05, 0.1) is 5.41 Å². The highest BCUT2D eigenvalue weighted by Crippen LogP contribution is 2.27. The SMILES string of the molecule is Cc1cc(OCC(=O)CC(C)(C)C(=O)O)c(C)cc1O. The molecule has 0 amide bonds. The van der Waals surface area contributed by atoms with Gasteiger partial charge in [-0.05, 0) is 51.0 Å². The molecule has 0 bridgehead atoms. The van der Waals surface area contributed by atoms with Crippen LogP contribution in [0.25, 0.3) is 0 Å². The molecule has 1 aromatic rings. The van der Waals surface area contributed by atoms with E-state index in [0.717, 1.165) is 5.56 Å². The standard InChI is InChI=1S/C15H20O5/c1-9-6-13(10(2)5-12(9)17)20-8-11(16)7-15(3,4)14(18)19/h5-6,17H,7-8H2,1-4H3,(H,18,19). The number of aromatic hydroxyl groups is 1. The van der Waals surface area contributed by atoms with E-state index in [1.54, 1.807) is 26.0 Å². The Kier molecular flexibility index (Phi) is 4.76. The Hall–Kier alpha value is -2.04. The fraction of sp³-hybridized carbons (Fsp3) is 0.467. The third-order valence-corrected chi connectivity index (χ3v) is 3.10. The van der Waals surface area contributed by atoms with Crippen LogP contribution in [-0.4, -0.2) is 28.6 Å². The Morgan fingerprint density at radius 3 is 2.35 bits per heavy atom. The molecule has 0 radical (unpaired) electrons. The molecule has 5 heteroatoms. The highest BCUT2D eigenvalue weighted by molar-refractivity contribution is 5.86. The second-order valence-electron chi connectivity index (χ2n) is 5.60. The first-order valence-corrected chi connectivity index (χ1v) is 6.31. The molecule has 0 heterocycles. The van der Waals surface area contributed by atoms with Crippen LogP contribution in [0.4, 0.5) is 0 Å². The molecule has 2 N–H and O–H groups in total. The Labute approximate surface area is 118 Å². The topological polar surface area (TPSA) is 83.8 Å². The molecular weight excluding hydrogens is 260 g/mol. The molecule has 0 saturated carbocycles. The van der Waals surface area contributed by atoms with Crippen LogP contribution < -0.4 is 4.74 Å². The molecular formula is C15H20O5. The summed E-state index contributed by atoms with van der Waals surface area (Å²) in [5.74, 6) is -0.597. The van der Waals surface area contributed by atoms with Gasteiger partial charge >= 0.3 is 5.97 Å². The van der Waals surface area contributed by atoms with E-state index in [1.165, 1.54) is 13.8 Å². The monoisotopic (exact) mass is 280 g/mol. The predicted octanol–water partition coefficient (Wildman–Crippen LogP) is 2.46. The highest BCUT2D eigenvalue weighted by Gasteiger charge is 2.30. The molecule has 0 atom stereocenters. The Morgan fingerprint density at radius 2 is 1.80 bits per heavy atom. The molecule has 0 aliphatic heterocycles. The molecule has 110 valence electrons. The van der Waals surface area contributed by atoms with Gasteiger partial charge in [-0.15, -0.1) is 0 Å². The largest absolute Gasteiger partial charge is 0.508 e. The first-order valence-electron chi connectivity index (χ1n) is 6.31. The molecule has 0 fully saturated rings. The van der Waals surface area contributed by atoms with E-state index in [2.05, 4.69) is 0 Å². The second-order valence-corrected chi connectivity index (χ2v) is 5.60. The van der Waals surface area contributed by atoms with Crippen molar-refractivity contribution in [2.24, 2.45) is 5.41 Å². The van der Waals surface area contributed by atoms with Crippen molar-refractivity contribution in [1.82, 2.24) is 0 Å². The van der Waals surface area contributed by atoms with Crippen molar-refractivity contribution >= 4 is 11.8 Å². The fourth-order valence-electron chi connectivity index (χ4n) is 1.71. The van der Waals surface area contributed by atoms with E-state index in [1.807, 2.05) is 0 Å². The summed E-state index contributed by atoms with van der Waals surface area (Å²) >= 11 is 0. The number of hydrogen-bond donors (Lipinski definition) is 2. The van der Waals surface area contributed by atoms with Gasteiger partial charge in [-0.2, -0.15) is 0 Å². The predicted molar refractivity (Wildman–Crippen MR) is 74.1 cm³/mol. The van der Waals surface area contributed by atoms with Crippen LogP contribution in [0.5, 0.6) is 11.5 Å². The van der Waals surface area contributed by atoms with Crippen LogP contribution in [0.2, 0.25) is 0 Å². The summed E-state index contributed by atoms with van der Waals surface area (Å²) in [5, 5.41) is 18.5. The first-order chi connectivity index (χ1) is 9.13. The normalized spacial score (nSPS) is 11.2. The summed E-state index contributed by atoms with van der Waals surface area (Å²) in [6.45, 7) is 6.32. The van der Waals surface area contributed by atoms with E-state index < -0.39 is 11.4 Å². The molecule has 1 rings (SSSR count). The number of carbonyl (C=O) groups is 2. The van der Waals surface area contributed by atoms with Crippen molar-refractivity contribution in [2.45, 2.75) is 34.1 Å². The number of phenolic OH excluding ortho intramolecular Hbond substituents is 1. The summed E-state index contributed by atoms with van der Waals surface area (Å²) < 4.78 is 5.41. The Morgan fingerprint density at radius 1 is 1.20 bits per heavy atom. The molecule has 0 aliphatic carbocycles. The summed E-state index contributed by atoms with van der Waals surface area (Å²) in [4.78, 5) is 22.7. The molecule has 0 saturated heterocycles. The van der Waals surface area contributed by atoms with Crippen LogP contribution in [0.3, 0.4) is 0 Å². The number of Topliss-reactive ketones (excluding diaryl/α,β-unsaturated/α-hetero) is 1. The lowest BCUT2D eigenvalue weighted by Gasteiger charge is -2.18. The molecule has 5 nitrogen and oxygen atoms in total. The zero-order valence-corrected chi connectivity index (χ0v) is 12.2. The average molecular weight is 280 g/mol. The minimum absolute atomic E-state index is 0.0849. The van der Waals surface area contributed by atoms with Gasteiger partial charge < -0.3 is 14.9 Å². The molecule has 0 aliphatic rings. The van der Waals surface area contributed by atoms with Gasteiger partial charge in [-0.25, -0.2) is 0 Å². The van der Waals surface area contributed by atoms with Gasteiger partial charge in [0, 0.05) is 6.42 Å². The van der Waals surface area contributed by atoms with Gasteiger partial charge in [0.2, 0.25) is 0 Å². The van der Waals surface area contributed by atoms with Gasteiger partial charge in [0.15, 0.2) is 5.78 Å². The number of aryl methyl sites for hydroxylation is 2. The van der Waals surface area contributed by atoms with Crippen molar-refractivity contribution < 1.29 is 24.5 Å². The van der Waals surface area contributed by atoms with Gasteiger partial charge in [0.1, 0.15) is 18.1 Å². The summed E-state index contributed by atoms with van der Waals surface area (Å²) in [5.41, 5.74) is 0.280. The number of ketones is 1. The van der Waals surface area contributed by atoms with Crippen molar-refractivity contribution in [1.29, 1.82) is 0 Å². The third kappa shape index (κ3) is 3.98. The molecule has 20 heavy (non-hydrogen) atoms. The number of carbonyl (C=O) groups excluding carboxylic acids is 1. The molecule has 0 spiro atoms. The van der Waals surface area contributed by atoms with Crippen LogP contribution in [0.1, 0.15) is 31.4 Å². The zero-order valence-electron chi connectivity index (χ0n) is 12.2. The van der Waals surface area contributed by atoms with Crippen molar-refractivity contribution in [3.63, 3.8) is 0 Å². The summed E-state index contributed by atoms with van der Waals surface area (Å²) in [7, 11) is 0. The van der Waals surface area contributed by atoms with E-state index in [0.29, 0.717) is 11.3 Å². The van der Waals surface area contributed by atoms with Crippen LogP contribution in [0, 0.1) is 19.3 Å². The lowest BCUT2D eigenvalue weighted by atomic mass is 9.88. The zero-order chi connectivity index (χ0) is 15.5. The number of carboxylic acid groups (broad SMARTS) is 1. The smallest absolute Gasteiger partial charge is 0.309 e. The van der Waals surface area contributed by atoms with E-state index in [4.69, 9.17) is 9.84 Å². The highest BCUT2D eigenvalue weighted by atomic mass is 16.5. The van der Waals surface area contributed by atoms with E-state index in [9.17, 15) is 14.7 Å². The maximum atomic E-state index is 11.8. The molecule has 0 unspecified atom stereocenters. The van der Waals surface area contributed by atoms with E-state index >= 15 is 0 Å². The van der Waals surface area contributed by atoms with Gasteiger partial charge in [0.25, 0.3) is 0 Å². The minimum atomic E-state index is -1.10. The maximum Gasteiger partial charge on any atom is 0.309 e. The van der Waals surface area contributed by atoms with Crippen molar-refractivity contribution in [3.05, 3.63) is 23.3 Å². The van der Waals surface area contributed by atoms with Crippen LogP contribution >= 0.6 is 0 Å². The quantitative estimate of drug-likeness (QED) is 0.836. The molecule has 0 aromatic heterocycles. The summed E-state index contributed by atoms with van der Waals surface area (Å²) in [6, 6.07) is 3.22. The van der Waals surface area contributed by atoms with Crippen molar-refractivity contribution in [2.75, 3.05) is 6.61 Å². The Bertz CT molecular complexity index is 531. The van der Waals surface area contributed by atoms with Crippen LogP contribution in [0.15, 0.2) is 12.1 Å². The first kappa shape index (κ1) is 16.0. The number of rotatable bonds is 6. The maximum absolute atomic E-state index is 11.8. The van der Waals surface area contributed by atoms with Gasteiger partial charge in [-0.1, -0.05) is 0 Å². The van der Waals surface area contributed by atoms with Gasteiger partial charge in [-0.3, -0.25) is 9.59 Å². The number of aliphatic carboxylic acids is 1. The number of phenols is 1. The molecule has 1 aromatic carbocycles. The average Bonchev–Trinajstić information content (AvgIpc) is 2.31. The Balaban J connectivity index is 2.66. The number of carboxylic acids is 1. The third-order valence-electron chi connectivity index (χ3n) is 3.10. The summed E-state index contributed by atoms with van der Waals surface area (Å²) in [6.07, 6.45) is -0.0849. The lowest BCUT2D eigenvalue weighted by molar-refractivity contribution is -0.149. The van der Waals surface area contributed by atoms with E-state index in [-0.39, 0.29) is 24.6 Å². The van der Waals surface area contributed by atoms with Crippen LogP contribution in [-0.2, 0) is 9.59 Å². The number of benzene rings is 1.